The quantitative estimate of drug-likeness (QED) is 0.909. The van der Waals surface area contributed by atoms with Crippen LogP contribution in [0.5, 0.6) is 0 Å². The summed E-state index contributed by atoms with van der Waals surface area (Å²) in [7, 11) is 0. The summed E-state index contributed by atoms with van der Waals surface area (Å²) in [6, 6.07) is 10.1. The molecule has 2 aromatic rings. The molecule has 1 aliphatic rings. The number of anilines is 1. The molecule has 0 saturated carbocycles. The Balaban J connectivity index is 1.53. The Morgan fingerprint density at radius 2 is 1.92 bits per heavy atom. The van der Waals surface area contributed by atoms with Crippen molar-refractivity contribution in [3.8, 4) is 0 Å². The molecule has 1 atom stereocenters. The van der Waals surface area contributed by atoms with E-state index in [0.29, 0.717) is 42.6 Å². The summed E-state index contributed by atoms with van der Waals surface area (Å²) in [4.78, 5) is 28.5. The van der Waals surface area contributed by atoms with Crippen LogP contribution in [-0.4, -0.2) is 53.8 Å². The zero-order chi connectivity index (χ0) is 17.8. The highest BCUT2D eigenvalue weighted by atomic mass is 35.5. The average molecular weight is 362 g/mol. The molecule has 7 heteroatoms. The largest absolute Gasteiger partial charge is 0.459 e. The molecule has 6 nitrogen and oxygen atoms in total. The molecule has 1 saturated heterocycles. The highest BCUT2D eigenvalue weighted by Gasteiger charge is 2.28. The van der Waals surface area contributed by atoms with Gasteiger partial charge in [0.25, 0.3) is 5.91 Å². The molecular formula is C18H20ClN3O3. The number of carbonyl (C=O) groups excluding carboxylic acids is 2. The van der Waals surface area contributed by atoms with Crippen LogP contribution in [0.4, 0.5) is 5.69 Å². The van der Waals surface area contributed by atoms with E-state index in [9.17, 15) is 9.59 Å². The van der Waals surface area contributed by atoms with Crippen LogP contribution in [0.25, 0.3) is 0 Å². The number of benzene rings is 1. The van der Waals surface area contributed by atoms with E-state index in [1.165, 1.54) is 6.26 Å². The van der Waals surface area contributed by atoms with Crippen LogP contribution in [0.3, 0.4) is 0 Å². The standard InChI is InChI=1S/C18H20ClN3O3/c1-13(17(23)20-15-5-2-4-14(19)12-15)21-7-9-22(10-8-21)18(24)16-6-3-11-25-16/h2-6,11-13H,7-10H2,1H3,(H,20,23). The van der Waals surface area contributed by atoms with Gasteiger partial charge in [-0.3, -0.25) is 14.5 Å². The van der Waals surface area contributed by atoms with Crippen molar-refractivity contribution in [3.63, 3.8) is 0 Å². The maximum absolute atomic E-state index is 12.4. The minimum absolute atomic E-state index is 0.0897. The Kier molecular flexibility index (Phi) is 5.40. The van der Waals surface area contributed by atoms with Crippen molar-refractivity contribution in [2.45, 2.75) is 13.0 Å². The zero-order valence-corrected chi connectivity index (χ0v) is 14.7. The van der Waals surface area contributed by atoms with E-state index in [1.54, 1.807) is 41.3 Å². The number of hydrogen-bond donors (Lipinski definition) is 1. The van der Waals surface area contributed by atoms with Gasteiger partial charge in [-0.15, -0.1) is 0 Å². The van der Waals surface area contributed by atoms with E-state index in [2.05, 4.69) is 10.2 Å². The minimum Gasteiger partial charge on any atom is -0.459 e. The predicted octanol–water partition coefficient (Wildman–Crippen LogP) is 2.72. The summed E-state index contributed by atoms with van der Waals surface area (Å²) >= 11 is 5.94. The van der Waals surface area contributed by atoms with Crippen molar-refractivity contribution in [3.05, 3.63) is 53.4 Å². The van der Waals surface area contributed by atoms with Crippen LogP contribution < -0.4 is 5.32 Å². The van der Waals surface area contributed by atoms with Gasteiger partial charge in [-0.05, 0) is 37.3 Å². The van der Waals surface area contributed by atoms with Gasteiger partial charge in [0.1, 0.15) is 0 Å². The van der Waals surface area contributed by atoms with Gasteiger partial charge in [-0.25, -0.2) is 0 Å². The van der Waals surface area contributed by atoms with Gasteiger partial charge in [-0.1, -0.05) is 17.7 Å². The molecule has 3 rings (SSSR count). The van der Waals surface area contributed by atoms with Crippen LogP contribution in [0.1, 0.15) is 17.5 Å². The molecule has 1 aromatic heterocycles. The van der Waals surface area contributed by atoms with E-state index in [1.807, 2.05) is 6.92 Å². The smallest absolute Gasteiger partial charge is 0.289 e. The van der Waals surface area contributed by atoms with Crippen LogP contribution >= 0.6 is 11.6 Å². The second-order valence-corrected chi connectivity index (χ2v) is 6.42. The van der Waals surface area contributed by atoms with E-state index in [-0.39, 0.29) is 17.9 Å². The minimum atomic E-state index is -0.292. The lowest BCUT2D eigenvalue weighted by atomic mass is 10.2. The molecule has 25 heavy (non-hydrogen) atoms. The van der Waals surface area contributed by atoms with Crippen molar-refractivity contribution in [1.29, 1.82) is 0 Å². The molecule has 0 bridgehead atoms. The summed E-state index contributed by atoms with van der Waals surface area (Å²) in [5.41, 5.74) is 0.677. The predicted molar refractivity (Wildman–Crippen MR) is 95.7 cm³/mol. The van der Waals surface area contributed by atoms with Crippen LogP contribution in [-0.2, 0) is 4.79 Å². The Bertz CT molecular complexity index is 740. The molecule has 0 aliphatic carbocycles. The Morgan fingerprint density at radius 1 is 1.16 bits per heavy atom. The van der Waals surface area contributed by atoms with E-state index >= 15 is 0 Å². The number of hydrogen-bond acceptors (Lipinski definition) is 4. The normalized spacial score (nSPS) is 16.5. The molecule has 2 amide bonds. The zero-order valence-electron chi connectivity index (χ0n) is 13.9. The highest BCUT2D eigenvalue weighted by molar-refractivity contribution is 6.30. The maximum atomic E-state index is 12.4. The Labute approximate surface area is 151 Å². The summed E-state index contributed by atoms with van der Waals surface area (Å²) in [5.74, 6) is 0.147. The molecule has 1 unspecified atom stereocenters. The van der Waals surface area contributed by atoms with Gasteiger partial charge in [0.15, 0.2) is 5.76 Å². The summed E-state index contributed by atoms with van der Waals surface area (Å²) in [6.07, 6.45) is 1.49. The summed E-state index contributed by atoms with van der Waals surface area (Å²) < 4.78 is 5.16. The Morgan fingerprint density at radius 3 is 2.56 bits per heavy atom. The monoisotopic (exact) mass is 361 g/mol. The molecule has 1 fully saturated rings. The highest BCUT2D eigenvalue weighted by Crippen LogP contribution is 2.16. The topological polar surface area (TPSA) is 65.8 Å². The third-order valence-corrected chi connectivity index (χ3v) is 4.59. The van der Waals surface area contributed by atoms with Crippen LogP contribution in [0.15, 0.2) is 47.1 Å². The van der Waals surface area contributed by atoms with Gasteiger partial charge in [-0.2, -0.15) is 0 Å². The van der Waals surface area contributed by atoms with E-state index in [0.717, 1.165) is 0 Å². The van der Waals surface area contributed by atoms with Gasteiger partial charge < -0.3 is 14.6 Å². The molecule has 0 radical (unpaired) electrons. The number of nitrogens with one attached hydrogen (secondary N) is 1. The molecule has 1 aromatic carbocycles. The van der Waals surface area contributed by atoms with E-state index in [4.69, 9.17) is 16.0 Å². The molecule has 0 spiro atoms. The first kappa shape index (κ1) is 17.5. The molecule has 132 valence electrons. The molecule has 1 aliphatic heterocycles. The number of furan rings is 1. The van der Waals surface area contributed by atoms with Gasteiger partial charge in [0, 0.05) is 36.9 Å². The third-order valence-electron chi connectivity index (χ3n) is 4.35. The number of rotatable bonds is 4. The molecular weight excluding hydrogens is 342 g/mol. The maximum Gasteiger partial charge on any atom is 0.289 e. The lowest BCUT2D eigenvalue weighted by Crippen LogP contribution is -2.54. The van der Waals surface area contributed by atoms with Crippen molar-refractivity contribution in [2.75, 3.05) is 31.5 Å². The first-order valence-electron chi connectivity index (χ1n) is 8.18. The summed E-state index contributed by atoms with van der Waals surface area (Å²) in [5, 5.41) is 3.45. The van der Waals surface area contributed by atoms with E-state index < -0.39 is 0 Å². The average Bonchev–Trinajstić information content (AvgIpc) is 3.15. The van der Waals surface area contributed by atoms with Crippen molar-refractivity contribution in [1.82, 2.24) is 9.80 Å². The third kappa shape index (κ3) is 4.21. The number of amides is 2. The van der Waals surface area contributed by atoms with Crippen molar-refractivity contribution >= 4 is 29.1 Å². The second kappa shape index (κ2) is 7.72. The van der Waals surface area contributed by atoms with Gasteiger partial charge in [0.2, 0.25) is 5.91 Å². The fourth-order valence-electron chi connectivity index (χ4n) is 2.85. The van der Waals surface area contributed by atoms with Gasteiger partial charge >= 0.3 is 0 Å². The SMILES string of the molecule is CC(C(=O)Nc1cccc(Cl)c1)N1CCN(C(=O)c2ccco2)CC1. The first-order chi connectivity index (χ1) is 12.0. The summed E-state index contributed by atoms with van der Waals surface area (Å²) in [6.45, 7) is 4.26. The lowest BCUT2D eigenvalue weighted by molar-refractivity contribution is -0.121. The van der Waals surface area contributed by atoms with Gasteiger partial charge in [0.05, 0.1) is 12.3 Å². The fraction of sp³-hybridized carbons (Fsp3) is 0.333. The Hall–Kier alpha value is -2.31. The van der Waals surface area contributed by atoms with Crippen LogP contribution in [0.2, 0.25) is 5.02 Å². The van der Waals surface area contributed by atoms with Crippen molar-refractivity contribution < 1.29 is 14.0 Å². The molecule has 2 heterocycles. The fourth-order valence-corrected chi connectivity index (χ4v) is 3.04. The number of piperazine rings is 1. The first-order valence-corrected chi connectivity index (χ1v) is 8.55. The number of carbonyl (C=O) groups is 2. The number of nitrogens with zero attached hydrogens (tertiary/aromatic N) is 2. The van der Waals surface area contributed by atoms with Crippen LogP contribution in [0, 0.1) is 0 Å². The lowest BCUT2D eigenvalue weighted by Gasteiger charge is -2.37. The molecule has 1 N–H and O–H groups in total. The second-order valence-electron chi connectivity index (χ2n) is 5.98. The number of halogens is 1. The van der Waals surface area contributed by atoms with Crippen molar-refractivity contribution in [2.24, 2.45) is 0 Å².